The molecule has 2 aliphatic rings. The Morgan fingerprint density at radius 3 is 2.68 bits per heavy atom. The van der Waals surface area contributed by atoms with Crippen molar-refractivity contribution in [2.24, 2.45) is 0 Å². The monoisotopic (exact) mass is 468 g/mol. The molecule has 0 unspecified atom stereocenters. The highest BCUT2D eigenvalue weighted by molar-refractivity contribution is 6.00. The van der Waals surface area contributed by atoms with Gasteiger partial charge in [-0.15, -0.1) is 0 Å². The molecule has 0 saturated carbocycles. The first-order chi connectivity index (χ1) is 16.4. The molecule has 0 radical (unpaired) electrons. The fourth-order valence-electron chi connectivity index (χ4n) is 4.96. The van der Waals surface area contributed by atoms with Gasteiger partial charge in [0.2, 0.25) is 0 Å². The van der Waals surface area contributed by atoms with Gasteiger partial charge in [-0.3, -0.25) is 19.5 Å². The quantitative estimate of drug-likeness (QED) is 0.618. The van der Waals surface area contributed by atoms with Gasteiger partial charge in [0.05, 0.1) is 19.9 Å². The molecule has 2 aromatic rings. The van der Waals surface area contributed by atoms with Gasteiger partial charge in [-0.05, 0) is 38.3 Å². The lowest BCUT2D eigenvalue weighted by molar-refractivity contribution is -0.147. The molecule has 4 heterocycles. The standard InChI is InChI=1S/C25H32N4O5/c1-17-7-6-8-18(26-17)16-27-12-10-19-23(21(33-2)15-22(30)28(19)14-13-27)24(31)29-11-5-4-9-20(29)25(32)34-3/h6-8,15,20H,4-5,9-14,16H2,1-3H3/t20-/m0/s1. The van der Waals surface area contributed by atoms with Crippen molar-refractivity contribution in [1.82, 2.24) is 19.4 Å². The van der Waals surface area contributed by atoms with Crippen LogP contribution in [0.2, 0.25) is 0 Å². The minimum Gasteiger partial charge on any atom is -0.496 e. The summed E-state index contributed by atoms with van der Waals surface area (Å²) in [5.74, 6) is -0.447. The lowest BCUT2D eigenvalue weighted by Crippen LogP contribution is -2.49. The second-order valence-corrected chi connectivity index (χ2v) is 8.85. The number of methoxy groups -OCH3 is 2. The molecule has 34 heavy (non-hydrogen) atoms. The van der Waals surface area contributed by atoms with Crippen molar-refractivity contribution in [3.05, 3.63) is 57.3 Å². The number of fused-ring (bicyclic) bond motifs is 1. The van der Waals surface area contributed by atoms with E-state index in [2.05, 4.69) is 9.88 Å². The van der Waals surface area contributed by atoms with E-state index in [4.69, 9.17) is 9.47 Å². The van der Waals surface area contributed by atoms with Crippen LogP contribution in [0.5, 0.6) is 5.75 Å². The molecule has 0 aromatic carbocycles. The summed E-state index contributed by atoms with van der Waals surface area (Å²) in [7, 11) is 2.80. The third-order valence-electron chi connectivity index (χ3n) is 6.69. The van der Waals surface area contributed by atoms with Gasteiger partial charge in [-0.1, -0.05) is 6.07 Å². The molecule has 1 saturated heterocycles. The Kier molecular flexibility index (Phi) is 7.31. The van der Waals surface area contributed by atoms with E-state index < -0.39 is 12.0 Å². The Labute approximate surface area is 199 Å². The molecule has 2 aliphatic heterocycles. The SMILES string of the molecule is COC(=O)[C@@H]1CCCCN1C(=O)c1c(OC)cc(=O)n2c1CCN(Cc1cccc(C)n1)CC2. The summed E-state index contributed by atoms with van der Waals surface area (Å²) in [4.78, 5) is 47.6. The van der Waals surface area contributed by atoms with Crippen LogP contribution in [0.4, 0.5) is 0 Å². The molecule has 1 fully saturated rings. The molecule has 0 aliphatic carbocycles. The van der Waals surface area contributed by atoms with Crippen molar-refractivity contribution in [2.45, 2.75) is 51.7 Å². The van der Waals surface area contributed by atoms with Crippen molar-refractivity contribution in [3.8, 4) is 5.75 Å². The number of aryl methyl sites for hydroxylation is 1. The number of pyridine rings is 2. The second-order valence-electron chi connectivity index (χ2n) is 8.85. The number of aromatic nitrogens is 2. The van der Waals surface area contributed by atoms with Crippen molar-refractivity contribution in [3.63, 3.8) is 0 Å². The number of nitrogens with zero attached hydrogens (tertiary/aromatic N) is 4. The number of likely N-dealkylation sites (tertiary alicyclic amines) is 1. The van der Waals surface area contributed by atoms with Gasteiger partial charge in [-0.25, -0.2) is 4.79 Å². The maximum Gasteiger partial charge on any atom is 0.328 e. The Bertz CT molecular complexity index is 1130. The first-order valence-electron chi connectivity index (χ1n) is 11.8. The van der Waals surface area contributed by atoms with Crippen molar-refractivity contribution in [2.75, 3.05) is 33.9 Å². The minimum absolute atomic E-state index is 0.193. The lowest BCUT2D eigenvalue weighted by atomic mass is 9.99. The summed E-state index contributed by atoms with van der Waals surface area (Å²) in [6, 6.07) is 6.71. The van der Waals surface area contributed by atoms with Gasteiger partial charge >= 0.3 is 5.97 Å². The maximum absolute atomic E-state index is 13.8. The van der Waals surface area contributed by atoms with Crippen LogP contribution in [0.1, 0.15) is 46.7 Å². The summed E-state index contributed by atoms with van der Waals surface area (Å²) in [6.07, 6.45) is 2.74. The van der Waals surface area contributed by atoms with Gasteiger partial charge in [-0.2, -0.15) is 0 Å². The highest BCUT2D eigenvalue weighted by Crippen LogP contribution is 2.28. The summed E-state index contributed by atoms with van der Waals surface area (Å²) in [6.45, 7) is 4.89. The molecule has 182 valence electrons. The van der Waals surface area contributed by atoms with Crippen LogP contribution in [0, 0.1) is 6.92 Å². The van der Waals surface area contributed by atoms with Gasteiger partial charge in [0.25, 0.3) is 11.5 Å². The predicted octanol–water partition coefficient (Wildman–Crippen LogP) is 1.79. The number of rotatable bonds is 5. The van der Waals surface area contributed by atoms with Crippen LogP contribution < -0.4 is 10.3 Å². The zero-order valence-electron chi connectivity index (χ0n) is 20.1. The van der Waals surface area contributed by atoms with Crippen LogP contribution >= 0.6 is 0 Å². The van der Waals surface area contributed by atoms with E-state index >= 15 is 0 Å². The van der Waals surface area contributed by atoms with E-state index in [1.165, 1.54) is 20.3 Å². The molecule has 2 aromatic heterocycles. The Hall–Kier alpha value is -3.20. The molecule has 0 spiro atoms. The number of hydrogen-bond acceptors (Lipinski definition) is 7. The number of esters is 1. The molecular weight excluding hydrogens is 436 g/mol. The summed E-state index contributed by atoms with van der Waals surface area (Å²) < 4.78 is 12.1. The fraction of sp³-hybridized carbons (Fsp3) is 0.520. The molecule has 9 nitrogen and oxygen atoms in total. The Morgan fingerprint density at radius 2 is 1.94 bits per heavy atom. The first-order valence-corrected chi connectivity index (χ1v) is 11.8. The van der Waals surface area contributed by atoms with Crippen molar-refractivity contribution < 1.29 is 19.1 Å². The van der Waals surface area contributed by atoms with E-state index in [1.807, 2.05) is 25.1 Å². The Morgan fingerprint density at radius 1 is 1.12 bits per heavy atom. The van der Waals surface area contributed by atoms with E-state index in [9.17, 15) is 14.4 Å². The minimum atomic E-state index is -0.627. The van der Waals surface area contributed by atoms with Gasteiger partial charge in [0.1, 0.15) is 17.4 Å². The number of carbonyl (C=O) groups is 2. The predicted molar refractivity (Wildman–Crippen MR) is 126 cm³/mol. The smallest absolute Gasteiger partial charge is 0.328 e. The molecule has 1 atom stereocenters. The number of piperidine rings is 1. The first kappa shape index (κ1) is 23.9. The van der Waals surface area contributed by atoms with Crippen molar-refractivity contribution in [1.29, 1.82) is 0 Å². The average Bonchev–Trinajstić information content (AvgIpc) is 3.06. The average molecular weight is 469 g/mol. The van der Waals surface area contributed by atoms with Crippen LogP contribution in [0.3, 0.4) is 0 Å². The van der Waals surface area contributed by atoms with E-state index in [1.54, 1.807) is 9.47 Å². The van der Waals surface area contributed by atoms with Gasteiger partial charge < -0.3 is 18.9 Å². The van der Waals surface area contributed by atoms with Crippen LogP contribution in [-0.2, 0) is 29.0 Å². The topological polar surface area (TPSA) is 94.0 Å². The van der Waals surface area contributed by atoms with E-state index in [-0.39, 0.29) is 17.2 Å². The highest BCUT2D eigenvalue weighted by Gasteiger charge is 2.36. The van der Waals surface area contributed by atoms with Gasteiger partial charge in [0, 0.05) is 56.6 Å². The third kappa shape index (κ3) is 4.84. The third-order valence-corrected chi connectivity index (χ3v) is 6.69. The second kappa shape index (κ2) is 10.4. The number of ether oxygens (including phenoxy) is 2. The molecule has 0 bridgehead atoms. The molecular formula is C25H32N4O5. The lowest BCUT2D eigenvalue weighted by Gasteiger charge is -2.34. The summed E-state index contributed by atoms with van der Waals surface area (Å²) in [5, 5.41) is 0. The molecule has 0 N–H and O–H groups in total. The van der Waals surface area contributed by atoms with Crippen LogP contribution in [0.15, 0.2) is 29.1 Å². The van der Waals surface area contributed by atoms with Gasteiger partial charge in [0.15, 0.2) is 0 Å². The number of amides is 1. The van der Waals surface area contributed by atoms with E-state index in [0.29, 0.717) is 56.8 Å². The maximum atomic E-state index is 13.8. The van der Waals surface area contributed by atoms with E-state index in [0.717, 1.165) is 24.2 Å². The molecule has 1 amide bonds. The normalized spacial score (nSPS) is 18.7. The van der Waals surface area contributed by atoms with Crippen molar-refractivity contribution >= 4 is 11.9 Å². The summed E-state index contributed by atoms with van der Waals surface area (Å²) in [5.41, 5.74) is 2.77. The number of carbonyl (C=O) groups excluding carboxylic acids is 2. The number of hydrogen-bond donors (Lipinski definition) is 0. The highest BCUT2D eigenvalue weighted by atomic mass is 16.5. The molecule has 4 rings (SSSR count). The summed E-state index contributed by atoms with van der Waals surface area (Å²) >= 11 is 0. The molecule has 9 heteroatoms. The largest absolute Gasteiger partial charge is 0.496 e. The van der Waals surface area contributed by atoms with Crippen LogP contribution in [-0.4, -0.2) is 71.1 Å². The van der Waals surface area contributed by atoms with Crippen LogP contribution in [0.25, 0.3) is 0 Å². The fourth-order valence-corrected chi connectivity index (χ4v) is 4.96. The Balaban J connectivity index is 1.66. The zero-order chi connectivity index (χ0) is 24.2. The zero-order valence-corrected chi connectivity index (χ0v) is 20.1.